The van der Waals surface area contributed by atoms with Gasteiger partial charge in [0, 0.05) is 23.2 Å². The first-order valence-corrected chi connectivity index (χ1v) is 8.71. The quantitative estimate of drug-likeness (QED) is 0.476. The second-order valence-corrected chi connectivity index (χ2v) is 7.31. The molecule has 0 atom stereocenters. The molecule has 0 fully saturated rings. The number of aromatic nitrogens is 1. The van der Waals surface area contributed by atoms with Gasteiger partial charge in [-0.25, -0.2) is 4.79 Å². The van der Waals surface area contributed by atoms with Gasteiger partial charge in [0.1, 0.15) is 6.61 Å². The van der Waals surface area contributed by atoms with Crippen molar-refractivity contribution >= 4 is 22.9 Å². The molecule has 0 saturated heterocycles. The number of hydrogen-bond donors (Lipinski definition) is 0. The smallest absolute Gasteiger partial charge is 0.331 e. The average molecular weight is 345 g/mol. The van der Waals surface area contributed by atoms with E-state index in [2.05, 4.69) is 37.9 Å². The maximum absolute atomic E-state index is 12.0. The van der Waals surface area contributed by atoms with E-state index in [1.54, 1.807) is 12.3 Å². The summed E-state index contributed by atoms with van der Waals surface area (Å²) in [6.07, 6.45) is 4.95. The van der Waals surface area contributed by atoms with Crippen LogP contribution in [0.5, 0.6) is 0 Å². The summed E-state index contributed by atoms with van der Waals surface area (Å²) in [6.45, 7) is 6.79. The van der Waals surface area contributed by atoms with Crippen LogP contribution in [-0.2, 0) is 21.6 Å². The van der Waals surface area contributed by atoms with Gasteiger partial charge in [0.2, 0.25) is 0 Å². The number of esters is 1. The van der Waals surface area contributed by atoms with Gasteiger partial charge in [-0.2, -0.15) is 0 Å². The van der Waals surface area contributed by atoms with Crippen molar-refractivity contribution in [2.75, 3.05) is 0 Å². The number of fused-ring (bicyclic) bond motifs is 1. The molecule has 1 heterocycles. The molecule has 0 unspecified atom stereocenters. The third-order valence-corrected chi connectivity index (χ3v) is 4.26. The number of carbonyl (C=O) groups is 1. The first-order chi connectivity index (χ1) is 12.4. The number of rotatable bonds is 4. The molecular formula is C23H23NO2. The van der Waals surface area contributed by atoms with Gasteiger partial charge in [-0.3, -0.25) is 4.98 Å². The van der Waals surface area contributed by atoms with Gasteiger partial charge < -0.3 is 4.74 Å². The highest BCUT2D eigenvalue weighted by molar-refractivity contribution is 5.92. The number of benzene rings is 2. The minimum absolute atomic E-state index is 0.116. The third-order valence-electron chi connectivity index (χ3n) is 4.26. The molecule has 2 aromatic carbocycles. The molecule has 3 nitrogen and oxygen atoms in total. The van der Waals surface area contributed by atoms with E-state index in [0.29, 0.717) is 0 Å². The van der Waals surface area contributed by atoms with Crippen LogP contribution in [-0.4, -0.2) is 11.0 Å². The van der Waals surface area contributed by atoms with Crippen molar-refractivity contribution in [3.8, 4) is 0 Å². The summed E-state index contributed by atoms with van der Waals surface area (Å²) < 4.78 is 5.34. The topological polar surface area (TPSA) is 39.2 Å². The Hall–Kier alpha value is -2.94. The second-order valence-electron chi connectivity index (χ2n) is 7.31. The Morgan fingerprint density at radius 1 is 1.04 bits per heavy atom. The Kier molecular flexibility index (Phi) is 5.17. The maximum Gasteiger partial charge on any atom is 0.331 e. The molecule has 3 rings (SSSR count). The number of pyridine rings is 1. The van der Waals surface area contributed by atoms with E-state index < -0.39 is 0 Å². The van der Waals surface area contributed by atoms with Crippen LogP contribution in [0, 0.1) is 0 Å². The second kappa shape index (κ2) is 7.52. The lowest BCUT2D eigenvalue weighted by Gasteiger charge is -2.19. The molecule has 0 saturated carbocycles. The molecule has 0 radical (unpaired) electrons. The lowest BCUT2D eigenvalue weighted by molar-refractivity contribution is -0.138. The molecule has 3 aromatic rings. The first-order valence-electron chi connectivity index (χ1n) is 8.71. The van der Waals surface area contributed by atoms with Crippen LogP contribution < -0.4 is 0 Å². The van der Waals surface area contributed by atoms with Crippen LogP contribution in [0.2, 0.25) is 0 Å². The number of hydrogen-bond acceptors (Lipinski definition) is 3. The van der Waals surface area contributed by atoms with Crippen LogP contribution in [0.1, 0.15) is 37.5 Å². The van der Waals surface area contributed by atoms with Gasteiger partial charge in [0.15, 0.2) is 0 Å². The largest absolute Gasteiger partial charge is 0.458 e. The molecule has 3 heteroatoms. The van der Waals surface area contributed by atoms with E-state index in [1.165, 1.54) is 11.6 Å². The molecule has 0 bridgehead atoms. The number of para-hydroxylation sites is 1. The monoisotopic (exact) mass is 345 g/mol. The molecule has 1 aromatic heterocycles. The van der Waals surface area contributed by atoms with E-state index in [0.717, 1.165) is 22.0 Å². The Morgan fingerprint density at radius 2 is 1.77 bits per heavy atom. The Balaban J connectivity index is 1.63. The summed E-state index contributed by atoms with van der Waals surface area (Å²) in [7, 11) is 0. The summed E-state index contributed by atoms with van der Waals surface area (Å²) in [5.74, 6) is -0.363. The molecule has 0 aliphatic carbocycles. The standard InChI is InChI=1S/C23H23NO2/c1-23(2,3)20-12-9-17(10-13-20)16-26-21(25)14-11-19-7-4-6-18-8-5-15-24-22(18)19/h4-15H,16H2,1-3H3/b14-11+. The van der Waals surface area contributed by atoms with Crippen LogP contribution in [0.4, 0.5) is 0 Å². The van der Waals surface area contributed by atoms with Gasteiger partial charge in [0.25, 0.3) is 0 Å². The van der Waals surface area contributed by atoms with Crippen molar-refractivity contribution in [3.63, 3.8) is 0 Å². The van der Waals surface area contributed by atoms with Crippen molar-refractivity contribution in [1.29, 1.82) is 0 Å². The average Bonchev–Trinajstić information content (AvgIpc) is 2.64. The van der Waals surface area contributed by atoms with Crippen molar-refractivity contribution < 1.29 is 9.53 Å². The van der Waals surface area contributed by atoms with Crippen molar-refractivity contribution in [2.24, 2.45) is 0 Å². The van der Waals surface area contributed by atoms with Gasteiger partial charge >= 0.3 is 5.97 Å². The maximum atomic E-state index is 12.0. The van der Waals surface area contributed by atoms with Gasteiger partial charge in [0.05, 0.1) is 5.52 Å². The molecule has 0 aliphatic rings. The lowest BCUT2D eigenvalue weighted by atomic mass is 9.87. The Bertz CT molecular complexity index is 929. The zero-order valence-electron chi connectivity index (χ0n) is 15.4. The van der Waals surface area contributed by atoms with Crippen LogP contribution in [0.15, 0.2) is 66.9 Å². The van der Waals surface area contributed by atoms with Crippen molar-refractivity contribution in [1.82, 2.24) is 4.98 Å². The molecule has 26 heavy (non-hydrogen) atoms. The van der Waals surface area contributed by atoms with Crippen LogP contribution >= 0.6 is 0 Å². The highest BCUT2D eigenvalue weighted by Crippen LogP contribution is 2.22. The van der Waals surface area contributed by atoms with E-state index in [9.17, 15) is 4.79 Å². The predicted octanol–water partition coefficient (Wildman–Crippen LogP) is 5.29. The SMILES string of the molecule is CC(C)(C)c1ccc(COC(=O)/C=C/c2cccc3cccnc23)cc1. The minimum Gasteiger partial charge on any atom is -0.458 e. The van der Waals surface area contributed by atoms with Gasteiger partial charge in [-0.05, 0) is 28.7 Å². The molecular weight excluding hydrogens is 322 g/mol. The van der Waals surface area contributed by atoms with Gasteiger partial charge in [-0.15, -0.1) is 0 Å². The summed E-state index contributed by atoms with van der Waals surface area (Å²) in [5.41, 5.74) is 4.12. The Morgan fingerprint density at radius 3 is 2.50 bits per heavy atom. The molecule has 0 amide bonds. The molecule has 0 aliphatic heterocycles. The molecule has 0 spiro atoms. The molecule has 132 valence electrons. The predicted molar refractivity (Wildman–Crippen MR) is 106 cm³/mol. The molecule has 0 N–H and O–H groups in total. The highest BCUT2D eigenvalue weighted by Gasteiger charge is 2.12. The zero-order valence-corrected chi connectivity index (χ0v) is 15.4. The first kappa shape index (κ1) is 17.9. The van der Waals surface area contributed by atoms with E-state index >= 15 is 0 Å². The summed E-state index contributed by atoms with van der Waals surface area (Å²) in [4.78, 5) is 16.4. The minimum atomic E-state index is -0.363. The Labute approximate surface area is 154 Å². The fraction of sp³-hybridized carbons (Fsp3) is 0.217. The summed E-state index contributed by atoms with van der Waals surface area (Å²) in [5, 5.41) is 1.04. The number of carbonyl (C=O) groups excluding carboxylic acids is 1. The fourth-order valence-corrected chi connectivity index (χ4v) is 2.72. The fourth-order valence-electron chi connectivity index (χ4n) is 2.72. The summed E-state index contributed by atoms with van der Waals surface area (Å²) in [6, 6.07) is 18.0. The van der Waals surface area contributed by atoms with E-state index in [1.807, 2.05) is 42.5 Å². The van der Waals surface area contributed by atoms with E-state index in [4.69, 9.17) is 4.74 Å². The number of nitrogens with zero attached hydrogens (tertiary/aromatic N) is 1. The highest BCUT2D eigenvalue weighted by atomic mass is 16.5. The van der Waals surface area contributed by atoms with Crippen molar-refractivity contribution in [2.45, 2.75) is 32.8 Å². The van der Waals surface area contributed by atoms with Crippen LogP contribution in [0.25, 0.3) is 17.0 Å². The number of ether oxygens (including phenoxy) is 1. The normalized spacial score (nSPS) is 11.8. The zero-order chi connectivity index (χ0) is 18.6. The van der Waals surface area contributed by atoms with E-state index in [-0.39, 0.29) is 18.0 Å². The third kappa shape index (κ3) is 4.37. The van der Waals surface area contributed by atoms with Gasteiger partial charge in [-0.1, -0.05) is 69.3 Å². The lowest BCUT2D eigenvalue weighted by Crippen LogP contribution is -2.10. The van der Waals surface area contributed by atoms with Crippen molar-refractivity contribution in [3.05, 3.63) is 83.6 Å². The van der Waals surface area contributed by atoms with Crippen LogP contribution in [0.3, 0.4) is 0 Å². The summed E-state index contributed by atoms with van der Waals surface area (Å²) >= 11 is 0.